The van der Waals surface area contributed by atoms with Crippen molar-refractivity contribution in [2.24, 2.45) is 0 Å². The maximum absolute atomic E-state index is 12.8. The van der Waals surface area contributed by atoms with E-state index in [4.69, 9.17) is 9.47 Å². The van der Waals surface area contributed by atoms with Gasteiger partial charge in [-0.3, -0.25) is 9.59 Å². The van der Waals surface area contributed by atoms with E-state index >= 15 is 0 Å². The van der Waals surface area contributed by atoms with Crippen molar-refractivity contribution in [3.63, 3.8) is 0 Å². The fourth-order valence-electron chi connectivity index (χ4n) is 7.13. The quantitative estimate of drug-likeness (QED) is 0.0450. The fourth-order valence-corrected chi connectivity index (χ4v) is 7.95. The zero-order valence-electron chi connectivity index (χ0n) is 37.1. The summed E-state index contributed by atoms with van der Waals surface area (Å²) >= 11 is 1.92. The first kappa shape index (κ1) is 53.2. The summed E-state index contributed by atoms with van der Waals surface area (Å²) < 4.78 is 11.5. The molecule has 0 radical (unpaired) electrons. The molecule has 6 nitrogen and oxygen atoms in total. The molecule has 0 N–H and O–H groups in total. The molecule has 0 aliphatic carbocycles. The molecular formula is C47H94N2O4S. The van der Waals surface area contributed by atoms with Crippen LogP contribution in [0.5, 0.6) is 0 Å². The van der Waals surface area contributed by atoms with Gasteiger partial charge in [-0.25, -0.2) is 0 Å². The first-order valence-corrected chi connectivity index (χ1v) is 24.9. The smallest absolute Gasteiger partial charge is 0.306 e. The van der Waals surface area contributed by atoms with E-state index in [1.807, 2.05) is 11.8 Å². The van der Waals surface area contributed by atoms with E-state index in [-0.39, 0.29) is 18.0 Å². The van der Waals surface area contributed by atoms with Crippen LogP contribution < -0.4 is 0 Å². The zero-order chi connectivity index (χ0) is 39.6. The molecule has 0 fully saturated rings. The van der Waals surface area contributed by atoms with Gasteiger partial charge in [-0.15, -0.1) is 0 Å². The first-order valence-electron chi connectivity index (χ1n) is 23.7. The Morgan fingerprint density at radius 3 is 1.39 bits per heavy atom. The molecular weight excluding hydrogens is 689 g/mol. The Bertz CT molecular complexity index is 767. The lowest BCUT2D eigenvalue weighted by molar-refractivity contribution is -0.150. The van der Waals surface area contributed by atoms with Crippen molar-refractivity contribution in [1.82, 2.24) is 9.80 Å². The van der Waals surface area contributed by atoms with Crippen molar-refractivity contribution in [2.75, 3.05) is 58.4 Å². The zero-order valence-corrected chi connectivity index (χ0v) is 37.9. The number of hydrogen-bond acceptors (Lipinski definition) is 7. The van der Waals surface area contributed by atoms with Gasteiger partial charge in [-0.05, 0) is 90.7 Å². The average molecular weight is 783 g/mol. The van der Waals surface area contributed by atoms with Crippen LogP contribution in [-0.4, -0.2) is 86.2 Å². The van der Waals surface area contributed by atoms with E-state index in [0.717, 1.165) is 70.5 Å². The molecule has 322 valence electrons. The van der Waals surface area contributed by atoms with Crippen molar-refractivity contribution in [3.8, 4) is 0 Å². The highest BCUT2D eigenvalue weighted by Gasteiger charge is 2.14. The number of esters is 2. The second kappa shape index (κ2) is 43.3. The number of ether oxygens (including phenoxy) is 2. The molecule has 0 aliphatic heterocycles. The molecule has 0 spiro atoms. The number of hydrogen-bond donors (Lipinski definition) is 0. The number of rotatable bonds is 44. The lowest BCUT2D eigenvalue weighted by Crippen LogP contribution is -2.33. The van der Waals surface area contributed by atoms with Gasteiger partial charge in [0.2, 0.25) is 0 Å². The molecule has 0 aromatic carbocycles. The number of carbonyl (C=O) groups excluding carboxylic acids is 2. The van der Waals surface area contributed by atoms with Crippen molar-refractivity contribution in [3.05, 3.63) is 0 Å². The topological polar surface area (TPSA) is 59.1 Å². The second-order valence-electron chi connectivity index (χ2n) is 16.5. The van der Waals surface area contributed by atoms with E-state index < -0.39 is 0 Å². The number of carbonyl (C=O) groups is 2. The number of likely N-dealkylation sites (N-methyl/N-ethyl adjacent to an activating group) is 1. The molecule has 0 atom stereocenters. The Kier molecular flexibility index (Phi) is 42.7. The van der Waals surface area contributed by atoms with Crippen LogP contribution in [0.25, 0.3) is 0 Å². The van der Waals surface area contributed by atoms with Gasteiger partial charge in [0.05, 0.1) is 0 Å². The molecule has 0 saturated heterocycles. The van der Waals surface area contributed by atoms with Crippen LogP contribution in [0.1, 0.15) is 226 Å². The van der Waals surface area contributed by atoms with E-state index in [1.54, 1.807) is 0 Å². The van der Waals surface area contributed by atoms with Gasteiger partial charge >= 0.3 is 11.9 Å². The van der Waals surface area contributed by atoms with Crippen LogP contribution in [-0.2, 0) is 19.1 Å². The third kappa shape index (κ3) is 40.9. The summed E-state index contributed by atoms with van der Waals surface area (Å²) in [5, 5.41) is 0. The van der Waals surface area contributed by atoms with Crippen LogP contribution in [0.4, 0.5) is 0 Å². The Morgan fingerprint density at radius 1 is 0.463 bits per heavy atom. The summed E-state index contributed by atoms with van der Waals surface area (Å²) in [4.78, 5) is 29.8. The summed E-state index contributed by atoms with van der Waals surface area (Å²) in [5.41, 5.74) is 0. The number of thioether (sulfide) groups is 1. The third-order valence-corrected chi connectivity index (χ3v) is 11.8. The van der Waals surface area contributed by atoms with Crippen LogP contribution in [0.3, 0.4) is 0 Å². The van der Waals surface area contributed by atoms with Gasteiger partial charge in [0.1, 0.15) is 12.7 Å². The molecule has 0 rings (SSSR count). The monoisotopic (exact) mass is 783 g/mol. The van der Waals surface area contributed by atoms with Crippen molar-refractivity contribution in [2.45, 2.75) is 232 Å². The minimum atomic E-state index is -0.0174. The maximum atomic E-state index is 12.8. The standard InChI is InChI=1S/C47H94N2O4S/c1-6-9-12-15-20-27-34-45(35-28-21-16-13-10-7-2)53-47(51)37-30-23-19-25-32-39-49(41-40-48(4)5)38-31-24-18-22-29-36-46(50)52-42-44-54-43-33-26-17-14-11-8-3/h45H,6-44H2,1-5H3. The highest BCUT2D eigenvalue weighted by atomic mass is 32.2. The predicted molar refractivity (Wildman–Crippen MR) is 238 cm³/mol. The molecule has 7 heteroatoms. The van der Waals surface area contributed by atoms with Crippen LogP contribution in [0.2, 0.25) is 0 Å². The van der Waals surface area contributed by atoms with E-state index in [2.05, 4.69) is 44.7 Å². The molecule has 0 heterocycles. The minimum Gasteiger partial charge on any atom is -0.465 e. The summed E-state index contributed by atoms with van der Waals surface area (Å²) in [6.07, 6.45) is 38.4. The summed E-state index contributed by atoms with van der Waals surface area (Å²) in [5.74, 6) is 2.14. The Balaban J connectivity index is 4.07. The highest BCUT2D eigenvalue weighted by molar-refractivity contribution is 7.99. The average Bonchev–Trinajstić information content (AvgIpc) is 3.15. The lowest BCUT2D eigenvalue weighted by atomic mass is 10.0. The summed E-state index contributed by atoms with van der Waals surface area (Å²) in [7, 11) is 4.32. The Labute approximate surface area is 342 Å². The largest absolute Gasteiger partial charge is 0.465 e. The van der Waals surface area contributed by atoms with Gasteiger partial charge in [0, 0.05) is 31.7 Å². The van der Waals surface area contributed by atoms with Crippen LogP contribution in [0, 0.1) is 0 Å². The van der Waals surface area contributed by atoms with Crippen molar-refractivity contribution in [1.29, 1.82) is 0 Å². The molecule has 0 saturated carbocycles. The Morgan fingerprint density at radius 2 is 0.889 bits per heavy atom. The Hall–Kier alpha value is -0.790. The van der Waals surface area contributed by atoms with Gasteiger partial charge in [-0.1, -0.05) is 156 Å². The van der Waals surface area contributed by atoms with Crippen LogP contribution in [0.15, 0.2) is 0 Å². The fraction of sp³-hybridized carbons (Fsp3) is 0.957. The molecule has 0 aliphatic rings. The number of unbranched alkanes of at least 4 members (excludes halogenated alkanes) is 23. The van der Waals surface area contributed by atoms with Gasteiger partial charge in [0.15, 0.2) is 0 Å². The molecule has 0 unspecified atom stereocenters. The SMILES string of the molecule is CCCCCCCCSCCOC(=O)CCCCCCCN(CCCCCCCC(=O)OC(CCCCCCCC)CCCCCCCC)CCN(C)C. The highest BCUT2D eigenvalue weighted by Crippen LogP contribution is 2.19. The molecule has 0 aromatic heterocycles. The summed E-state index contributed by atoms with van der Waals surface area (Å²) in [6.45, 7) is 11.9. The normalized spacial score (nSPS) is 11.7. The van der Waals surface area contributed by atoms with Crippen molar-refractivity contribution < 1.29 is 19.1 Å². The second-order valence-corrected chi connectivity index (χ2v) is 17.7. The van der Waals surface area contributed by atoms with E-state index in [9.17, 15) is 9.59 Å². The van der Waals surface area contributed by atoms with Gasteiger partial charge < -0.3 is 19.3 Å². The predicted octanol–water partition coefficient (Wildman–Crippen LogP) is 13.6. The van der Waals surface area contributed by atoms with Gasteiger partial charge in [0.25, 0.3) is 0 Å². The number of nitrogens with zero attached hydrogens (tertiary/aromatic N) is 2. The first-order chi connectivity index (χ1) is 26.4. The molecule has 0 aromatic rings. The van der Waals surface area contributed by atoms with Crippen LogP contribution >= 0.6 is 11.8 Å². The van der Waals surface area contributed by atoms with E-state index in [0.29, 0.717) is 19.4 Å². The maximum Gasteiger partial charge on any atom is 0.306 e. The molecule has 0 amide bonds. The van der Waals surface area contributed by atoms with Gasteiger partial charge in [-0.2, -0.15) is 11.8 Å². The third-order valence-electron chi connectivity index (χ3n) is 10.8. The summed E-state index contributed by atoms with van der Waals surface area (Å²) in [6, 6.07) is 0. The molecule has 0 bridgehead atoms. The van der Waals surface area contributed by atoms with Crippen molar-refractivity contribution >= 4 is 23.7 Å². The van der Waals surface area contributed by atoms with E-state index in [1.165, 1.54) is 160 Å². The molecule has 54 heavy (non-hydrogen) atoms. The lowest BCUT2D eigenvalue weighted by Gasteiger charge is -2.24. The minimum absolute atomic E-state index is 0.0174.